The van der Waals surface area contributed by atoms with Crippen molar-refractivity contribution in [2.75, 3.05) is 20.2 Å². The normalized spacial score (nSPS) is 41.8. The fraction of sp³-hybridized carbons (Fsp3) is 1.00. The number of fused-ring (bicyclic) bond motifs is 1. The molecule has 0 amide bonds. The number of piperidine rings is 1. The Morgan fingerprint density at radius 3 is 2.56 bits per heavy atom. The van der Waals surface area contributed by atoms with E-state index >= 15 is 0 Å². The number of hydrogen-bond acceptors (Lipinski definition) is 3. The van der Waals surface area contributed by atoms with Gasteiger partial charge < -0.3 is 10.1 Å². The summed E-state index contributed by atoms with van der Waals surface area (Å²) in [5, 5.41) is 3.96. The summed E-state index contributed by atoms with van der Waals surface area (Å²) in [4.78, 5) is 2.72. The number of hydrogen-bond donors (Lipinski definition) is 1. The lowest BCUT2D eigenvalue weighted by molar-refractivity contribution is 0.0597. The maximum atomic E-state index is 5.46. The van der Waals surface area contributed by atoms with Crippen molar-refractivity contribution in [2.45, 2.75) is 75.6 Å². The van der Waals surface area contributed by atoms with Crippen LogP contribution in [0.5, 0.6) is 0 Å². The van der Waals surface area contributed by atoms with Crippen molar-refractivity contribution >= 4 is 0 Å². The van der Waals surface area contributed by atoms with Crippen LogP contribution in [0.3, 0.4) is 0 Å². The molecule has 0 bridgehead atoms. The second-order valence-corrected chi connectivity index (χ2v) is 6.37. The Bertz CT molecular complexity index is 263. The third-order valence-electron chi connectivity index (χ3n) is 5.31. The van der Waals surface area contributed by atoms with Crippen molar-refractivity contribution in [1.29, 1.82) is 0 Å². The van der Waals surface area contributed by atoms with Gasteiger partial charge in [0.2, 0.25) is 0 Å². The van der Waals surface area contributed by atoms with Crippen LogP contribution >= 0.6 is 0 Å². The Hall–Kier alpha value is -0.120. The topological polar surface area (TPSA) is 24.5 Å². The lowest BCUT2D eigenvalue weighted by Gasteiger charge is -2.36. The maximum absolute atomic E-state index is 5.46. The van der Waals surface area contributed by atoms with Crippen LogP contribution in [0.15, 0.2) is 0 Å². The van der Waals surface area contributed by atoms with Gasteiger partial charge in [-0.2, -0.15) is 0 Å². The van der Waals surface area contributed by atoms with E-state index in [1.807, 2.05) is 7.11 Å². The molecule has 3 nitrogen and oxygen atoms in total. The van der Waals surface area contributed by atoms with E-state index in [9.17, 15) is 0 Å². The van der Waals surface area contributed by atoms with Crippen LogP contribution in [0.2, 0.25) is 0 Å². The highest BCUT2D eigenvalue weighted by molar-refractivity contribution is 4.95. The van der Waals surface area contributed by atoms with Gasteiger partial charge in [-0.25, -0.2) is 0 Å². The van der Waals surface area contributed by atoms with Gasteiger partial charge in [0, 0.05) is 31.8 Å². The summed E-state index contributed by atoms with van der Waals surface area (Å²) in [6, 6.07) is 2.37. The third-order valence-corrected chi connectivity index (χ3v) is 5.31. The first-order valence-corrected chi connectivity index (χ1v) is 7.89. The Morgan fingerprint density at radius 2 is 1.78 bits per heavy atom. The number of methoxy groups -OCH3 is 1. The molecule has 18 heavy (non-hydrogen) atoms. The van der Waals surface area contributed by atoms with Gasteiger partial charge in [-0.05, 0) is 51.5 Å². The average molecular weight is 252 g/mol. The summed E-state index contributed by atoms with van der Waals surface area (Å²) in [5.41, 5.74) is 0. The zero-order valence-electron chi connectivity index (χ0n) is 11.7. The predicted molar refractivity (Wildman–Crippen MR) is 73.8 cm³/mol. The Balaban J connectivity index is 1.48. The molecule has 2 heterocycles. The molecule has 2 saturated heterocycles. The van der Waals surface area contributed by atoms with Crippen molar-refractivity contribution in [3.8, 4) is 0 Å². The molecule has 2 aliphatic heterocycles. The summed E-state index contributed by atoms with van der Waals surface area (Å²) >= 11 is 0. The van der Waals surface area contributed by atoms with E-state index in [0.717, 1.165) is 18.1 Å². The van der Waals surface area contributed by atoms with Gasteiger partial charge in [0.15, 0.2) is 0 Å². The minimum atomic E-state index is 0.526. The molecule has 0 spiro atoms. The molecule has 2 atom stereocenters. The van der Waals surface area contributed by atoms with Crippen molar-refractivity contribution < 1.29 is 4.74 Å². The van der Waals surface area contributed by atoms with E-state index in [0.29, 0.717) is 6.10 Å². The number of rotatable bonds is 3. The van der Waals surface area contributed by atoms with Gasteiger partial charge >= 0.3 is 0 Å². The molecule has 3 aliphatic rings. The van der Waals surface area contributed by atoms with Crippen LogP contribution in [-0.4, -0.2) is 49.3 Å². The van der Waals surface area contributed by atoms with Crippen molar-refractivity contribution in [3.05, 3.63) is 0 Å². The summed E-state index contributed by atoms with van der Waals surface area (Å²) in [6.07, 6.45) is 11.3. The molecule has 1 saturated carbocycles. The van der Waals surface area contributed by atoms with E-state index < -0.39 is 0 Å². The van der Waals surface area contributed by atoms with Crippen molar-refractivity contribution in [2.24, 2.45) is 0 Å². The molecular formula is C15H28N2O. The highest BCUT2D eigenvalue weighted by atomic mass is 16.5. The highest BCUT2D eigenvalue weighted by Crippen LogP contribution is 2.29. The first kappa shape index (κ1) is 12.9. The molecule has 1 aliphatic carbocycles. The zero-order valence-corrected chi connectivity index (χ0v) is 11.7. The second kappa shape index (κ2) is 5.89. The Kier molecular flexibility index (Phi) is 4.22. The van der Waals surface area contributed by atoms with E-state index in [2.05, 4.69) is 10.2 Å². The van der Waals surface area contributed by atoms with Gasteiger partial charge in [-0.15, -0.1) is 0 Å². The number of ether oxygens (including phenoxy) is 1. The quantitative estimate of drug-likeness (QED) is 0.833. The molecule has 0 aromatic rings. The van der Waals surface area contributed by atoms with E-state index in [-0.39, 0.29) is 0 Å². The molecule has 3 fully saturated rings. The zero-order chi connectivity index (χ0) is 12.4. The first-order chi connectivity index (χ1) is 8.86. The molecule has 3 heteroatoms. The van der Waals surface area contributed by atoms with Gasteiger partial charge in [0.25, 0.3) is 0 Å². The van der Waals surface area contributed by atoms with E-state index in [1.54, 1.807) is 0 Å². The van der Waals surface area contributed by atoms with Gasteiger partial charge in [0.05, 0.1) is 6.10 Å². The maximum Gasteiger partial charge on any atom is 0.0572 e. The van der Waals surface area contributed by atoms with Crippen LogP contribution in [-0.2, 0) is 4.74 Å². The van der Waals surface area contributed by atoms with Crippen LogP contribution in [0.4, 0.5) is 0 Å². The molecule has 0 aromatic heterocycles. The van der Waals surface area contributed by atoms with Gasteiger partial charge in [-0.1, -0.05) is 6.42 Å². The lowest BCUT2D eigenvalue weighted by atomic mass is 9.91. The molecule has 0 radical (unpaired) electrons. The van der Waals surface area contributed by atoms with E-state index in [1.165, 1.54) is 64.5 Å². The van der Waals surface area contributed by atoms with Gasteiger partial charge in [0.1, 0.15) is 0 Å². The fourth-order valence-electron chi connectivity index (χ4n) is 4.21. The van der Waals surface area contributed by atoms with Crippen molar-refractivity contribution in [1.82, 2.24) is 10.2 Å². The summed E-state index contributed by atoms with van der Waals surface area (Å²) in [6.45, 7) is 2.68. The number of nitrogens with zero attached hydrogens (tertiary/aromatic N) is 1. The summed E-state index contributed by atoms with van der Waals surface area (Å²) < 4.78 is 5.46. The first-order valence-electron chi connectivity index (χ1n) is 7.89. The van der Waals surface area contributed by atoms with Crippen LogP contribution < -0.4 is 5.32 Å². The summed E-state index contributed by atoms with van der Waals surface area (Å²) in [5.74, 6) is 0. The molecule has 1 N–H and O–H groups in total. The van der Waals surface area contributed by atoms with Crippen LogP contribution in [0.1, 0.15) is 51.4 Å². The number of nitrogens with one attached hydrogen (secondary N) is 1. The molecule has 0 aromatic carbocycles. The molecular weight excluding hydrogens is 224 g/mol. The highest BCUT2D eigenvalue weighted by Gasteiger charge is 2.36. The van der Waals surface area contributed by atoms with E-state index in [4.69, 9.17) is 4.74 Å². The monoisotopic (exact) mass is 252 g/mol. The minimum absolute atomic E-state index is 0.526. The Labute approximate surface area is 111 Å². The summed E-state index contributed by atoms with van der Waals surface area (Å²) in [7, 11) is 1.86. The molecule has 104 valence electrons. The van der Waals surface area contributed by atoms with Crippen LogP contribution in [0.25, 0.3) is 0 Å². The average Bonchev–Trinajstić information content (AvgIpc) is 2.83. The van der Waals surface area contributed by atoms with Gasteiger partial charge in [-0.3, -0.25) is 4.90 Å². The minimum Gasteiger partial charge on any atom is -0.381 e. The molecule has 2 unspecified atom stereocenters. The largest absolute Gasteiger partial charge is 0.381 e. The Morgan fingerprint density at radius 1 is 0.944 bits per heavy atom. The SMILES string of the molecule is COC1CCC(NC2CCN3CCCCC23)CC1. The van der Waals surface area contributed by atoms with Crippen molar-refractivity contribution in [3.63, 3.8) is 0 Å². The smallest absolute Gasteiger partial charge is 0.0572 e. The molecule has 3 rings (SSSR count). The second-order valence-electron chi connectivity index (χ2n) is 6.37. The lowest BCUT2D eigenvalue weighted by Crippen LogP contribution is -2.49. The fourth-order valence-corrected chi connectivity index (χ4v) is 4.21. The third kappa shape index (κ3) is 2.73. The van der Waals surface area contributed by atoms with Crippen LogP contribution in [0, 0.1) is 0 Å². The predicted octanol–water partition coefficient (Wildman–Crippen LogP) is 2.16. The standard InChI is InChI=1S/C15H28N2O/c1-18-13-7-5-12(6-8-13)16-14-9-11-17-10-3-2-4-15(14)17/h12-16H,2-11H2,1H3.